The number of pyridine rings is 1. The molecule has 0 aromatic carbocycles. The molecule has 0 aliphatic rings. The van der Waals surface area contributed by atoms with Gasteiger partial charge < -0.3 is 10.0 Å². The maximum atomic E-state index is 9.43. The first-order chi connectivity index (χ1) is 8.56. The molecule has 1 atom stereocenters. The molecule has 0 spiro atoms. The Morgan fingerprint density at radius 1 is 1.50 bits per heavy atom. The highest BCUT2D eigenvalue weighted by atomic mass is 79.9. The maximum absolute atomic E-state index is 9.43. The first-order valence-corrected chi connectivity index (χ1v) is 7.31. The average Bonchev–Trinajstić information content (AvgIpc) is 2.75. The van der Waals surface area contributed by atoms with Crippen molar-refractivity contribution in [1.82, 2.24) is 4.98 Å². The molecule has 2 aromatic heterocycles. The number of thiophene rings is 1. The van der Waals surface area contributed by atoms with E-state index >= 15 is 0 Å². The Labute approximate surface area is 119 Å². The van der Waals surface area contributed by atoms with E-state index in [2.05, 4.69) is 37.3 Å². The van der Waals surface area contributed by atoms with E-state index in [0.29, 0.717) is 0 Å². The first-order valence-electron chi connectivity index (χ1n) is 5.64. The van der Waals surface area contributed by atoms with Crippen molar-refractivity contribution in [2.45, 2.75) is 19.6 Å². The monoisotopic (exact) mass is 326 g/mol. The average molecular weight is 327 g/mol. The van der Waals surface area contributed by atoms with Gasteiger partial charge in [0.1, 0.15) is 5.82 Å². The molecule has 0 bridgehead atoms. The Morgan fingerprint density at radius 3 is 2.78 bits per heavy atom. The standard InChI is InChI=1S/C13H15BrN2OS/c1-9(17)11-3-4-13(15-6-11)16(2)7-10-5-12(14)18-8-10/h3-6,8-9,17H,7H2,1-2H3. The van der Waals surface area contributed by atoms with Crippen molar-refractivity contribution in [3.63, 3.8) is 0 Å². The fourth-order valence-electron chi connectivity index (χ4n) is 1.65. The first kappa shape index (κ1) is 13.5. The number of halogens is 1. The minimum Gasteiger partial charge on any atom is -0.389 e. The van der Waals surface area contributed by atoms with Gasteiger partial charge in [0, 0.05) is 19.8 Å². The summed E-state index contributed by atoms with van der Waals surface area (Å²) in [6.45, 7) is 2.56. The molecule has 2 aromatic rings. The molecular formula is C13H15BrN2OS. The molecule has 2 heterocycles. The van der Waals surface area contributed by atoms with Gasteiger partial charge in [0.2, 0.25) is 0 Å². The van der Waals surface area contributed by atoms with Crippen molar-refractivity contribution < 1.29 is 5.11 Å². The predicted octanol–water partition coefficient (Wildman–Crippen LogP) is 3.60. The van der Waals surface area contributed by atoms with E-state index in [1.165, 1.54) is 5.56 Å². The summed E-state index contributed by atoms with van der Waals surface area (Å²) in [6, 6.07) is 5.96. The molecule has 2 rings (SSSR count). The summed E-state index contributed by atoms with van der Waals surface area (Å²) in [5.41, 5.74) is 2.10. The summed E-state index contributed by atoms with van der Waals surface area (Å²) >= 11 is 5.14. The summed E-state index contributed by atoms with van der Waals surface area (Å²) < 4.78 is 1.14. The van der Waals surface area contributed by atoms with E-state index < -0.39 is 6.10 Å². The smallest absolute Gasteiger partial charge is 0.128 e. The number of hydrogen-bond donors (Lipinski definition) is 1. The van der Waals surface area contributed by atoms with Gasteiger partial charge in [0.05, 0.1) is 9.89 Å². The summed E-state index contributed by atoms with van der Waals surface area (Å²) in [5.74, 6) is 0.904. The van der Waals surface area contributed by atoms with E-state index in [1.54, 1.807) is 24.5 Å². The van der Waals surface area contributed by atoms with E-state index in [1.807, 2.05) is 19.2 Å². The van der Waals surface area contributed by atoms with Crippen LogP contribution in [0.15, 0.2) is 33.6 Å². The van der Waals surface area contributed by atoms with Gasteiger partial charge in [-0.3, -0.25) is 0 Å². The summed E-state index contributed by atoms with van der Waals surface area (Å²) in [6.07, 6.45) is 1.25. The van der Waals surface area contributed by atoms with Crippen molar-refractivity contribution in [3.05, 3.63) is 44.7 Å². The molecule has 3 nitrogen and oxygen atoms in total. The number of rotatable bonds is 4. The Morgan fingerprint density at radius 2 is 2.28 bits per heavy atom. The van der Waals surface area contributed by atoms with E-state index in [0.717, 1.165) is 21.7 Å². The molecule has 5 heteroatoms. The lowest BCUT2D eigenvalue weighted by Crippen LogP contribution is -2.17. The number of aliphatic hydroxyl groups is 1. The van der Waals surface area contributed by atoms with Crippen LogP contribution in [-0.4, -0.2) is 17.1 Å². The molecule has 0 aliphatic carbocycles. The van der Waals surface area contributed by atoms with Crippen molar-refractivity contribution in [2.24, 2.45) is 0 Å². The van der Waals surface area contributed by atoms with Crippen molar-refractivity contribution in [1.29, 1.82) is 0 Å². The van der Waals surface area contributed by atoms with Crippen LogP contribution in [0.2, 0.25) is 0 Å². The van der Waals surface area contributed by atoms with Gasteiger partial charge >= 0.3 is 0 Å². The lowest BCUT2D eigenvalue weighted by Gasteiger charge is -2.18. The SMILES string of the molecule is CC(O)c1ccc(N(C)Cc2csc(Br)c2)nc1. The molecule has 0 saturated heterocycles. The van der Waals surface area contributed by atoms with Gasteiger partial charge in [-0.15, -0.1) is 11.3 Å². The third kappa shape index (κ3) is 3.31. The highest BCUT2D eigenvalue weighted by molar-refractivity contribution is 9.11. The summed E-state index contributed by atoms with van der Waals surface area (Å²) in [5, 5.41) is 11.6. The van der Waals surface area contributed by atoms with Crippen molar-refractivity contribution >= 4 is 33.1 Å². The molecule has 0 radical (unpaired) electrons. The zero-order chi connectivity index (χ0) is 13.1. The molecule has 1 unspecified atom stereocenters. The minimum absolute atomic E-state index is 0.468. The number of nitrogens with zero attached hydrogens (tertiary/aromatic N) is 2. The van der Waals surface area contributed by atoms with Crippen LogP contribution in [0.3, 0.4) is 0 Å². The van der Waals surface area contributed by atoms with Crippen LogP contribution in [0.25, 0.3) is 0 Å². The van der Waals surface area contributed by atoms with E-state index in [4.69, 9.17) is 0 Å². The molecule has 18 heavy (non-hydrogen) atoms. The van der Waals surface area contributed by atoms with Crippen molar-refractivity contribution in [3.8, 4) is 0 Å². The van der Waals surface area contributed by atoms with Gasteiger partial charge in [-0.2, -0.15) is 0 Å². The molecule has 96 valence electrons. The maximum Gasteiger partial charge on any atom is 0.128 e. The van der Waals surface area contributed by atoms with Crippen LogP contribution in [0.5, 0.6) is 0 Å². The van der Waals surface area contributed by atoms with Crippen LogP contribution in [0.4, 0.5) is 5.82 Å². The normalized spacial score (nSPS) is 12.4. The second kappa shape index (κ2) is 5.82. The molecule has 1 N–H and O–H groups in total. The lowest BCUT2D eigenvalue weighted by atomic mass is 10.2. The largest absolute Gasteiger partial charge is 0.389 e. The summed E-state index contributed by atoms with van der Waals surface area (Å²) in [4.78, 5) is 6.44. The topological polar surface area (TPSA) is 36.4 Å². The number of aliphatic hydroxyl groups excluding tert-OH is 1. The van der Waals surface area contributed by atoms with Crippen LogP contribution in [0.1, 0.15) is 24.2 Å². The van der Waals surface area contributed by atoms with Crippen LogP contribution in [0, 0.1) is 0 Å². The Hall–Kier alpha value is -0.910. The fourth-order valence-corrected chi connectivity index (χ4v) is 2.85. The van der Waals surface area contributed by atoms with Gasteiger partial charge in [0.25, 0.3) is 0 Å². The summed E-state index contributed by atoms with van der Waals surface area (Å²) in [7, 11) is 2.01. The predicted molar refractivity (Wildman–Crippen MR) is 79.0 cm³/mol. The fraction of sp³-hybridized carbons (Fsp3) is 0.308. The van der Waals surface area contributed by atoms with Gasteiger partial charge in [-0.1, -0.05) is 6.07 Å². The Balaban J connectivity index is 2.06. The van der Waals surface area contributed by atoms with Crippen molar-refractivity contribution in [2.75, 3.05) is 11.9 Å². The molecule has 0 saturated carbocycles. The van der Waals surface area contributed by atoms with E-state index in [9.17, 15) is 5.11 Å². The Bertz CT molecular complexity index is 510. The Kier molecular flexibility index (Phi) is 4.37. The third-order valence-corrected chi connectivity index (χ3v) is 4.24. The van der Waals surface area contributed by atoms with Gasteiger partial charge in [-0.25, -0.2) is 4.98 Å². The number of hydrogen-bond acceptors (Lipinski definition) is 4. The second-order valence-electron chi connectivity index (χ2n) is 4.24. The highest BCUT2D eigenvalue weighted by Crippen LogP contribution is 2.23. The second-order valence-corrected chi connectivity index (χ2v) is 6.53. The third-order valence-electron chi connectivity index (χ3n) is 2.69. The number of aromatic nitrogens is 1. The van der Waals surface area contributed by atoms with Gasteiger partial charge in [-0.05, 0) is 51.5 Å². The zero-order valence-electron chi connectivity index (χ0n) is 10.3. The molecular weight excluding hydrogens is 312 g/mol. The lowest BCUT2D eigenvalue weighted by molar-refractivity contribution is 0.199. The molecule has 0 amide bonds. The highest BCUT2D eigenvalue weighted by Gasteiger charge is 2.06. The zero-order valence-corrected chi connectivity index (χ0v) is 12.7. The van der Waals surface area contributed by atoms with Crippen LogP contribution in [-0.2, 0) is 6.54 Å². The van der Waals surface area contributed by atoms with Gasteiger partial charge in [0.15, 0.2) is 0 Å². The molecule has 0 fully saturated rings. The number of anilines is 1. The van der Waals surface area contributed by atoms with Crippen LogP contribution >= 0.6 is 27.3 Å². The quantitative estimate of drug-likeness (QED) is 0.932. The van der Waals surface area contributed by atoms with E-state index in [-0.39, 0.29) is 0 Å². The molecule has 0 aliphatic heterocycles. The minimum atomic E-state index is -0.468. The van der Waals surface area contributed by atoms with Crippen LogP contribution < -0.4 is 4.90 Å².